The maximum atomic E-state index is 10.4. The van der Waals surface area contributed by atoms with Crippen molar-refractivity contribution in [1.82, 2.24) is 4.90 Å². The fourth-order valence-corrected chi connectivity index (χ4v) is 4.91. The van der Waals surface area contributed by atoms with Crippen LogP contribution in [0.25, 0.3) is 11.1 Å². The van der Waals surface area contributed by atoms with Crippen LogP contribution in [0.15, 0.2) is 78.9 Å². The molecule has 0 bridgehead atoms. The van der Waals surface area contributed by atoms with Gasteiger partial charge in [0, 0.05) is 12.4 Å². The predicted octanol–water partition coefficient (Wildman–Crippen LogP) is 3.39. The monoisotopic (exact) mass is 583 g/mol. The number of allylic oxidation sites excluding steroid dienone is 1. The summed E-state index contributed by atoms with van der Waals surface area (Å²) in [5.74, 6) is 1.62. The molecule has 0 aromatic heterocycles. The molecule has 1 heterocycles. The Morgan fingerprint density at radius 1 is 0.805 bits per heavy atom. The fraction of sp³-hybridized carbons (Fsp3) is 0.375. The lowest BCUT2D eigenvalue weighted by atomic mass is 9.88. The number of aliphatic hydroxyl groups excluding tert-OH is 4. The molecular weight excluding hydrogens is 546 g/mol. The molecular formula is C32H38ClNO7. The highest BCUT2D eigenvalue weighted by atomic mass is 35.5. The van der Waals surface area contributed by atoms with E-state index in [1.54, 1.807) is 12.1 Å². The lowest BCUT2D eigenvalue weighted by Crippen LogP contribution is -2.60. The second kappa shape index (κ2) is 14.8. The second-order valence-electron chi connectivity index (χ2n) is 10.2. The summed E-state index contributed by atoms with van der Waals surface area (Å²) in [6, 6.07) is 25.4. The van der Waals surface area contributed by atoms with Crippen LogP contribution < -0.4 is 9.47 Å². The van der Waals surface area contributed by atoms with E-state index in [0.29, 0.717) is 24.7 Å². The van der Waals surface area contributed by atoms with Gasteiger partial charge in [-0.15, -0.1) is 11.6 Å². The van der Waals surface area contributed by atoms with Crippen molar-refractivity contribution >= 4 is 22.7 Å². The summed E-state index contributed by atoms with van der Waals surface area (Å²) >= 11 is 6.29. The Morgan fingerprint density at radius 2 is 1.41 bits per heavy atom. The van der Waals surface area contributed by atoms with E-state index in [2.05, 4.69) is 17.0 Å². The van der Waals surface area contributed by atoms with Gasteiger partial charge in [0.15, 0.2) is 0 Å². The first kappa shape index (κ1) is 31.0. The molecule has 0 saturated carbocycles. The molecule has 0 unspecified atom stereocenters. The molecule has 1 aliphatic heterocycles. The Morgan fingerprint density at radius 3 is 1.98 bits per heavy atom. The van der Waals surface area contributed by atoms with Gasteiger partial charge in [-0.2, -0.15) is 0 Å². The number of aliphatic hydroxyl groups is 4. The van der Waals surface area contributed by atoms with Crippen molar-refractivity contribution in [2.24, 2.45) is 0 Å². The van der Waals surface area contributed by atoms with E-state index < -0.39 is 37.3 Å². The molecule has 1 saturated heterocycles. The second-order valence-corrected chi connectivity index (χ2v) is 10.6. The predicted molar refractivity (Wildman–Crippen MR) is 159 cm³/mol. The zero-order valence-corrected chi connectivity index (χ0v) is 24.0. The number of alkyl halides is 1. The van der Waals surface area contributed by atoms with Gasteiger partial charge in [0.25, 0.3) is 0 Å². The number of ether oxygens (including phenoxy) is 3. The molecule has 0 radical (unpaired) electrons. The normalized spacial score (nSPS) is 23.3. The first-order chi connectivity index (χ1) is 19.8. The number of rotatable bonds is 12. The summed E-state index contributed by atoms with van der Waals surface area (Å²) in [6.07, 6.45) is -6.12. The number of hydrogen-bond acceptors (Lipinski definition) is 8. The lowest BCUT2D eigenvalue weighted by molar-refractivity contribution is -0.277. The van der Waals surface area contributed by atoms with Gasteiger partial charge in [-0.1, -0.05) is 54.6 Å². The first-order valence-corrected chi connectivity index (χ1v) is 14.2. The van der Waals surface area contributed by atoms with Crippen LogP contribution in [0.5, 0.6) is 11.5 Å². The number of hydrogen-bond donors (Lipinski definition) is 4. The highest BCUT2D eigenvalue weighted by molar-refractivity contribution is 6.18. The van der Waals surface area contributed by atoms with Crippen molar-refractivity contribution in [2.45, 2.75) is 37.1 Å². The molecule has 4 rings (SSSR count). The van der Waals surface area contributed by atoms with Gasteiger partial charge in [-0.3, -0.25) is 0 Å². The van der Waals surface area contributed by atoms with Gasteiger partial charge in [0.05, 0.1) is 6.61 Å². The average molecular weight is 584 g/mol. The number of nitrogens with zero attached hydrogens (tertiary/aromatic N) is 1. The Balaban J connectivity index is 1.66. The van der Waals surface area contributed by atoms with Gasteiger partial charge in [0.2, 0.25) is 6.29 Å². The Kier molecular flexibility index (Phi) is 11.2. The third-order valence-corrected chi connectivity index (χ3v) is 7.15. The Hall–Kier alpha value is -2.95. The minimum Gasteiger partial charge on any atom is -0.492 e. The third-order valence-electron chi connectivity index (χ3n) is 6.96. The molecule has 0 spiro atoms. The van der Waals surface area contributed by atoms with Crippen LogP contribution in [0.2, 0.25) is 0 Å². The molecule has 8 nitrogen and oxygen atoms in total. The first-order valence-electron chi connectivity index (χ1n) is 13.6. The molecule has 41 heavy (non-hydrogen) atoms. The van der Waals surface area contributed by atoms with Crippen molar-refractivity contribution < 1.29 is 34.6 Å². The van der Waals surface area contributed by atoms with Gasteiger partial charge in [-0.25, -0.2) is 0 Å². The van der Waals surface area contributed by atoms with E-state index >= 15 is 0 Å². The van der Waals surface area contributed by atoms with Crippen molar-refractivity contribution in [3.05, 3.63) is 95.6 Å². The lowest BCUT2D eigenvalue weighted by Gasteiger charge is -2.39. The van der Waals surface area contributed by atoms with Crippen LogP contribution in [-0.4, -0.2) is 95.8 Å². The summed E-state index contributed by atoms with van der Waals surface area (Å²) in [5.41, 5.74) is 5.09. The molecule has 220 valence electrons. The molecule has 5 atom stereocenters. The molecule has 0 amide bonds. The van der Waals surface area contributed by atoms with E-state index in [9.17, 15) is 20.4 Å². The number of halogens is 1. The van der Waals surface area contributed by atoms with Crippen molar-refractivity contribution in [2.75, 3.05) is 39.7 Å². The molecule has 1 aliphatic rings. The molecule has 1 fully saturated rings. The van der Waals surface area contributed by atoms with Gasteiger partial charge >= 0.3 is 0 Å². The molecule has 3 aromatic rings. The molecule has 9 heteroatoms. The maximum Gasteiger partial charge on any atom is 0.229 e. The SMILES string of the molecule is CN(C)CCOc1ccc(/C(=C(/CCCl)c2ccccc2)c2ccc(O[C@@H]3O[C@H](CO)[C@@H](O)[C@H](O)[C@H]3O)cc2)cc1. The van der Waals surface area contributed by atoms with Gasteiger partial charge in [-0.05, 0) is 72.6 Å². The Bertz CT molecular complexity index is 1250. The smallest absolute Gasteiger partial charge is 0.229 e. The van der Waals surface area contributed by atoms with E-state index in [-0.39, 0.29) is 0 Å². The largest absolute Gasteiger partial charge is 0.492 e. The summed E-state index contributed by atoms with van der Waals surface area (Å²) in [7, 11) is 4.01. The summed E-state index contributed by atoms with van der Waals surface area (Å²) in [6.45, 7) is 0.880. The van der Waals surface area contributed by atoms with Crippen LogP contribution in [0.1, 0.15) is 23.1 Å². The number of likely N-dealkylation sites (N-methyl/N-ethyl adjacent to an activating group) is 1. The van der Waals surface area contributed by atoms with Crippen molar-refractivity contribution in [3.8, 4) is 11.5 Å². The van der Waals surface area contributed by atoms with E-state index in [4.69, 9.17) is 25.8 Å². The third kappa shape index (κ3) is 7.87. The van der Waals surface area contributed by atoms with Crippen LogP contribution in [0.3, 0.4) is 0 Å². The highest BCUT2D eigenvalue weighted by Crippen LogP contribution is 2.36. The van der Waals surface area contributed by atoms with Gasteiger partial charge in [0.1, 0.15) is 42.5 Å². The van der Waals surface area contributed by atoms with Crippen LogP contribution in [-0.2, 0) is 4.74 Å². The highest BCUT2D eigenvalue weighted by Gasteiger charge is 2.44. The topological polar surface area (TPSA) is 112 Å². The van der Waals surface area contributed by atoms with Crippen molar-refractivity contribution in [1.29, 1.82) is 0 Å². The van der Waals surface area contributed by atoms with Crippen LogP contribution in [0, 0.1) is 0 Å². The summed E-state index contributed by atoms with van der Waals surface area (Å²) < 4.78 is 17.2. The fourth-order valence-electron chi connectivity index (χ4n) is 4.73. The quantitative estimate of drug-likeness (QED) is 0.190. The molecule has 0 aliphatic carbocycles. The van der Waals surface area contributed by atoms with Crippen LogP contribution >= 0.6 is 11.6 Å². The standard InChI is InChI=1S/C32H38ClNO7/c1-34(2)18-19-39-24-12-8-22(9-13-24)28(26(16-17-33)21-6-4-3-5-7-21)23-10-14-25(15-11-23)40-32-31(38)30(37)29(36)27(20-35)41-32/h3-15,27,29-32,35-38H,16-20H2,1-2H3/b28-26+/t27-,29-,30+,31-,32-/m1/s1. The summed E-state index contributed by atoms with van der Waals surface area (Å²) in [5, 5.41) is 40.0. The minimum absolute atomic E-state index is 0.390. The van der Waals surface area contributed by atoms with Crippen molar-refractivity contribution in [3.63, 3.8) is 0 Å². The zero-order valence-electron chi connectivity index (χ0n) is 23.3. The minimum atomic E-state index is -1.52. The van der Waals surface area contributed by atoms with E-state index in [1.807, 2.05) is 68.7 Å². The zero-order chi connectivity index (χ0) is 29.4. The average Bonchev–Trinajstić information content (AvgIpc) is 2.99. The van der Waals surface area contributed by atoms with Gasteiger partial charge < -0.3 is 39.5 Å². The van der Waals surface area contributed by atoms with Crippen LogP contribution in [0.4, 0.5) is 0 Å². The summed E-state index contributed by atoms with van der Waals surface area (Å²) in [4.78, 5) is 2.07. The molecule has 4 N–H and O–H groups in total. The number of benzene rings is 3. The Labute approximate surface area is 246 Å². The maximum absolute atomic E-state index is 10.4. The molecule has 3 aromatic carbocycles. The van der Waals surface area contributed by atoms with E-state index in [0.717, 1.165) is 40.1 Å². The van der Waals surface area contributed by atoms with E-state index in [1.165, 1.54) is 0 Å².